The summed E-state index contributed by atoms with van der Waals surface area (Å²) >= 11 is 3.37. The lowest BCUT2D eigenvalue weighted by Crippen LogP contribution is -2.32. The molecule has 1 amide bonds. The summed E-state index contributed by atoms with van der Waals surface area (Å²) in [7, 11) is 3.97. The lowest BCUT2D eigenvalue weighted by Gasteiger charge is -2.11. The first-order valence-electron chi connectivity index (χ1n) is 5.33. The minimum atomic E-state index is -0.0191. The Labute approximate surface area is 105 Å². The predicted molar refractivity (Wildman–Crippen MR) is 68.7 cm³/mol. The van der Waals surface area contributed by atoms with Crippen LogP contribution in [0.2, 0.25) is 0 Å². The molecule has 1 N–H and O–H groups in total. The van der Waals surface area contributed by atoms with Crippen molar-refractivity contribution in [3.05, 3.63) is 22.4 Å². The molecule has 0 aliphatic rings. The fourth-order valence-electron chi connectivity index (χ4n) is 1.41. The number of carbonyl (C=O) groups excluding carboxylic acids is 1. The van der Waals surface area contributed by atoms with Gasteiger partial charge in [-0.25, -0.2) is 0 Å². The summed E-state index contributed by atoms with van der Waals surface area (Å²) < 4.78 is 2.86. The van der Waals surface area contributed by atoms with Crippen LogP contribution < -0.4 is 5.32 Å². The molecule has 0 aromatic carbocycles. The van der Waals surface area contributed by atoms with Gasteiger partial charge in [0.15, 0.2) is 0 Å². The molecule has 0 aliphatic heterocycles. The van der Waals surface area contributed by atoms with Crippen molar-refractivity contribution >= 4 is 21.8 Å². The van der Waals surface area contributed by atoms with Crippen LogP contribution in [0, 0.1) is 0 Å². The van der Waals surface area contributed by atoms with Crippen LogP contribution in [-0.2, 0) is 6.54 Å². The van der Waals surface area contributed by atoms with Gasteiger partial charge in [-0.05, 0) is 43.0 Å². The van der Waals surface area contributed by atoms with Gasteiger partial charge >= 0.3 is 0 Å². The monoisotopic (exact) mass is 287 g/mol. The average Bonchev–Trinajstić information content (AvgIpc) is 2.59. The van der Waals surface area contributed by atoms with Crippen molar-refractivity contribution in [1.82, 2.24) is 14.8 Å². The van der Waals surface area contributed by atoms with Crippen molar-refractivity contribution in [3.63, 3.8) is 0 Å². The van der Waals surface area contributed by atoms with Crippen molar-refractivity contribution in [3.8, 4) is 0 Å². The summed E-state index contributed by atoms with van der Waals surface area (Å²) in [6.07, 6.45) is 1.92. The zero-order chi connectivity index (χ0) is 12.1. The number of aromatic nitrogens is 1. The van der Waals surface area contributed by atoms with Gasteiger partial charge in [-0.2, -0.15) is 0 Å². The highest BCUT2D eigenvalue weighted by atomic mass is 79.9. The quantitative estimate of drug-likeness (QED) is 0.893. The van der Waals surface area contributed by atoms with Crippen molar-refractivity contribution in [2.24, 2.45) is 0 Å². The summed E-state index contributed by atoms with van der Waals surface area (Å²) in [6, 6.07) is 1.84. The van der Waals surface area contributed by atoms with E-state index >= 15 is 0 Å². The molecule has 0 unspecified atom stereocenters. The van der Waals surface area contributed by atoms with E-state index in [9.17, 15) is 4.79 Å². The summed E-state index contributed by atoms with van der Waals surface area (Å²) in [5, 5.41) is 2.90. The number of rotatable bonds is 5. The first kappa shape index (κ1) is 13.3. The first-order chi connectivity index (χ1) is 7.54. The third-order valence-corrected chi connectivity index (χ3v) is 2.71. The number of likely N-dealkylation sites (N-methyl/N-ethyl adjacent to an activating group) is 1. The summed E-state index contributed by atoms with van der Waals surface area (Å²) in [5.41, 5.74) is 0.702. The number of hydrogen-bond donors (Lipinski definition) is 1. The van der Waals surface area contributed by atoms with Gasteiger partial charge in [-0.3, -0.25) is 4.79 Å². The van der Waals surface area contributed by atoms with Gasteiger partial charge in [0.25, 0.3) is 5.91 Å². The molecule has 1 aromatic rings. The fourth-order valence-corrected chi connectivity index (χ4v) is 1.87. The van der Waals surface area contributed by atoms with Crippen molar-refractivity contribution < 1.29 is 4.79 Å². The molecule has 0 saturated heterocycles. The van der Waals surface area contributed by atoms with Crippen LogP contribution >= 0.6 is 15.9 Å². The van der Waals surface area contributed by atoms with E-state index in [1.54, 1.807) is 0 Å². The molecule has 5 heteroatoms. The van der Waals surface area contributed by atoms with E-state index in [1.807, 2.05) is 42.7 Å². The maximum absolute atomic E-state index is 11.8. The number of nitrogens with zero attached hydrogens (tertiary/aromatic N) is 2. The van der Waals surface area contributed by atoms with Crippen LogP contribution in [0.3, 0.4) is 0 Å². The molecule has 1 aromatic heterocycles. The van der Waals surface area contributed by atoms with E-state index in [4.69, 9.17) is 0 Å². The zero-order valence-corrected chi connectivity index (χ0v) is 11.5. The minimum Gasteiger partial charge on any atom is -0.349 e. The van der Waals surface area contributed by atoms with Crippen LogP contribution in [0.15, 0.2) is 16.7 Å². The van der Waals surface area contributed by atoms with Crippen LogP contribution in [0.4, 0.5) is 0 Å². The van der Waals surface area contributed by atoms with Gasteiger partial charge in [-0.1, -0.05) is 0 Å². The minimum absolute atomic E-state index is 0.0191. The van der Waals surface area contributed by atoms with Gasteiger partial charge < -0.3 is 14.8 Å². The molecular formula is C11H18BrN3O. The molecule has 0 radical (unpaired) electrons. The van der Waals surface area contributed by atoms with Crippen molar-refractivity contribution in [2.45, 2.75) is 13.5 Å². The number of hydrogen-bond acceptors (Lipinski definition) is 2. The maximum atomic E-state index is 11.8. The molecule has 90 valence electrons. The second-order valence-corrected chi connectivity index (χ2v) is 4.80. The predicted octanol–water partition coefficient (Wildman–Crippen LogP) is 1.56. The Morgan fingerprint density at radius 3 is 2.81 bits per heavy atom. The number of halogens is 1. The van der Waals surface area contributed by atoms with Crippen LogP contribution in [0.1, 0.15) is 17.4 Å². The molecule has 0 aliphatic carbocycles. The second-order valence-electron chi connectivity index (χ2n) is 3.89. The first-order valence-corrected chi connectivity index (χ1v) is 6.12. The normalized spacial score (nSPS) is 10.8. The Morgan fingerprint density at radius 2 is 2.25 bits per heavy atom. The molecule has 0 fully saturated rings. The SMILES string of the molecule is CCn1cc(Br)cc1C(=O)NCCN(C)C. The summed E-state index contributed by atoms with van der Waals surface area (Å²) in [6.45, 7) is 4.32. The van der Waals surface area contributed by atoms with E-state index in [0.29, 0.717) is 12.2 Å². The van der Waals surface area contributed by atoms with E-state index in [2.05, 4.69) is 21.2 Å². The van der Waals surface area contributed by atoms with E-state index in [-0.39, 0.29) is 5.91 Å². The molecule has 0 spiro atoms. The molecule has 16 heavy (non-hydrogen) atoms. The average molecular weight is 288 g/mol. The van der Waals surface area contributed by atoms with Crippen molar-refractivity contribution in [1.29, 1.82) is 0 Å². The number of nitrogens with one attached hydrogen (secondary N) is 1. The third kappa shape index (κ3) is 3.64. The molecule has 0 saturated carbocycles. The standard InChI is InChI=1S/C11H18BrN3O/c1-4-15-8-9(12)7-10(15)11(16)13-5-6-14(2)3/h7-8H,4-6H2,1-3H3,(H,13,16). The number of amides is 1. The topological polar surface area (TPSA) is 37.3 Å². The molecule has 0 bridgehead atoms. The number of aryl methyl sites for hydroxylation is 1. The Kier molecular flexibility index (Phi) is 5.02. The van der Waals surface area contributed by atoms with Gasteiger partial charge in [0.2, 0.25) is 0 Å². The van der Waals surface area contributed by atoms with Crippen LogP contribution in [0.25, 0.3) is 0 Å². The fraction of sp³-hybridized carbons (Fsp3) is 0.545. The van der Waals surface area contributed by atoms with Crippen LogP contribution in [0.5, 0.6) is 0 Å². The zero-order valence-electron chi connectivity index (χ0n) is 9.96. The summed E-state index contributed by atoms with van der Waals surface area (Å²) in [5.74, 6) is -0.0191. The highest BCUT2D eigenvalue weighted by Crippen LogP contribution is 2.14. The highest BCUT2D eigenvalue weighted by Gasteiger charge is 2.11. The van der Waals surface area contributed by atoms with E-state index < -0.39 is 0 Å². The second kappa shape index (κ2) is 6.06. The maximum Gasteiger partial charge on any atom is 0.267 e. The van der Waals surface area contributed by atoms with Gasteiger partial charge in [0.05, 0.1) is 0 Å². The molecule has 1 rings (SSSR count). The largest absolute Gasteiger partial charge is 0.349 e. The lowest BCUT2D eigenvalue weighted by molar-refractivity contribution is 0.0942. The third-order valence-electron chi connectivity index (χ3n) is 2.28. The molecular weight excluding hydrogens is 270 g/mol. The Balaban J connectivity index is 2.58. The summed E-state index contributed by atoms with van der Waals surface area (Å²) in [4.78, 5) is 13.9. The van der Waals surface area contributed by atoms with E-state index in [1.165, 1.54) is 0 Å². The molecule has 0 atom stereocenters. The van der Waals surface area contributed by atoms with Crippen LogP contribution in [-0.4, -0.2) is 42.6 Å². The highest BCUT2D eigenvalue weighted by molar-refractivity contribution is 9.10. The van der Waals surface area contributed by atoms with E-state index in [0.717, 1.165) is 17.6 Å². The van der Waals surface area contributed by atoms with Gasteiger partial charge in [-0.15, -0.1) is 0 Å². The molecule has 4 nitrogen and oxygen atoms in total. The Hall–Kier alpha value is -0.810. The Morgan fingerprint density at radius 1 is 1.56 bits per heavy atom. The molecule has 1 heterocycles. The number of carbonyl (C=O) groups is 1. The van der Waals surface area contributed by atoms with Crippen molar-refractivity contribution in [2.75, 3.05) is 27.2 Å². The lowest BCUT2D eigenvalue weighted by atomic mass is 10.4. The van der Waals surface area contributed by atoms with Gasteiger partial charge in [0.1, 0.15) is 5.69 Å². The smallest absolute Gasteiger partial charge is 0.267 e. The van der Waals surface area contributed by atoms with Gasteiger partial charge in [0, 0.05) is 30.3 Å². The Bertz CT molecular complexity index is 360.